The molecule has 0 spiro atoms. The quantitative estimate of drug-likeness (QED) is 0.642. The maximum Gasteiger partial charge on any atom is 0.269 e. The molecule has 0 heterocycles. The van der Waals surface area contributed by atoms with Crippen LogP contribution < -0.4 is 5.32 Å². The molecule has 0 unspecified atom stereocenters. The number of benzene rings is 2. The summed E-state index contributed by atoms with van der Waals surface area (Å²) in [4.78, 5) is 10.3. The molecule has 0 aromatic heterocycles. The van der Waals surface area contributed by atoms with Gasteiger partial charge in [-0.25, -0.2) is 0 Å². The van der Waals surface area contributed by atoms with Crippen molar-refractivity contribution in [1.82, 2.24) is 5.32 Å². The lowest BCUT2D eigenvalue weighted by molar-refractivity contribution is -0.384. The Balaban J connectivity index is 2.00. The van der Waals surface area contributed by atoms with Gasteiger partial charge in [0.25, 0.3) is 5.69 Å². The number of hydrogen-bond donors (Lipinski definition) is 1. The van der Waals surface area contributed by atoms with E-state index in [0.29, 0.717) is 18.1 Å². The first-order chi connectivity index (χ1) is 9.56. The van der Waals surface area contributed by atoms with Gasteiger partial charge in [0.15, 0.2) is 0 Å². The number of nitro benzene ring substituents is 1. The van der Waals surface area contributed by atoms with Gasteiger partial charge in [-0.15, -0.1) is 0 Å². The second kappa shape index (κ2) is 6.83. The molecule has 1 N–H and O–H groups in total. The Kier molecular flexibility index (Phi) is 5.11. The van der Waals surface area contributed by atoms with Crippen LogP contribution in [-0.2, 0) is 13.1 Å². The van der Waals surface area contributed by atoms with E-state index in [1.807, 2.05) is 24.3 Å². The molecule has 2 aromatic carbocycles. The Bertz CT molecular complexity index is 634. The third kappa shape index (κ3) is 4.03. The summed E-state index contributed by atoms with van der Waals surface area (Å²) in [6.45, 7) is 1.14. The van der Waals surface area contributed by atoms with Crippen LogP contribution in [0.2, 0.25) is 5.02 Å². The Morgan fingerprint density at radius 3 is 2.70 bits per heavy atom. The molecule has 0 bridgehead atoms. The summed E-state index contributed by atoms with van der Waals surface area (Å²) >= 11 is 9.45. The molecule has 0 saturated carbocycles. The van der Waals surface area contributed by atoms with Gasteiger partial charge in [-0.2, -0.15) is 0 Å². The molecule has 4 nitrogen and oxygen atoms in total. The van der Waals surface area contributed by atoms with Gasteiger partial charge in [-0.1, -0.05) is 39.7 Å². The Morgan fingerprint density at radius 2 is 2.00 bits per heavy atom. The van der Waals surface area contributed by atoms with E-state index < -0.39 is 4.92 Å². The molecule has 104 valence electrons. The van der Waals surface area contributed by atoms with Crippen LogP contribution in [0, 0.1) is 10.1 Å². The molecule has 0 saturated heterocycles. The van der Waals surface area contributed by atoms with Gasteiger partial charge < -0.3 is 5.32 Å². The van der Waals surface area contributed by atoms with Crippen molar-refractivity contribution < 1.29 is 4.92 Å². The molecule has 0 aliphatic rings. The third-order valence-electron chi connectivity index (χ3n) is 2.77. The molecule has 2 aromatic rings. The predicted molar refractivity (Wildman–Crippen MR) is 82.8 cm³/mol. The Morgan fingerprint density at radius 1 is 1.20 bits per heavy atom. The van der Waals surface area contributed by atoms with Gasteiger partial charge in [0.2, 0.25) is 0 Å². The van der Waals surface area contributed by atoms with Crippen molar-refractivity contribution >= 4 is 33.2 Å². The maximum absolute atomic E-state index is 10.7. The molecule has 0 fully saturated rings. The van der Waals surface area contributed by atoms with Gasteiger partial charge in [0, 0.05) is 34.7 Å². The van der Waals surface area contributed by atoms with Crippen molar-refractivity contribution in [3.63, 3.8) is 0 Å². The minimum atomic E-state index is -0.422. The third-order valence-corrected chi connectivity index (χ3v) is 3.64. The van der Waals surface area contributed by atoms with Crippen molar-refractivity contribution in [1.29, 1.82) is 0 Å². The molecule has 0 radical (unpaired) electrons. The molecule has 0 atom stereocenters. The normalized spacial score (nSPS) is 10.5. The van der Waals surface area contributed by atoms with Crippen molar-refractivity contribution in [2.45, 2.75) is 13.1 Å². The van der Waals surface area contributed by atoms with E-state index in [1.54, 1.807) is 6.07 Å². The first-order valence-corrected chi connectivity index (χ1v) is 7.11. The zero-order valence-corrected chi connectivity index (χ0v) is 12.8. The molecule has 0 aliphatic carbocycles. The zero-order valence-electron chi connectivity index (χ0n) is 10.5. The van der Waals surface area contributed by atoms with E-state index in [1.165, 1.54) is 12.1 Å². The number of nitro groups is 1. The fourth-order valence-electron chi connectivity index (χ4n) is 1.80. The lowest BCUT2D eigenvalue weighted by atomic mass is 10.2. The highest BCUT2D eigenvalue weighted by atomic mass is 79.9. The molecule has 2 rings (SSSR count). The molecule has 0 aliphatic heterocycles. The smallest absolute Gasteiger partial charge is 0.269 e. The highest BCUT2D eigenvalue weighted by Gasteiger charge is 2.09. The summed E-state index contributed by atoms with van der Waals surface area (Å²) in [6, 6.07) is 12.4. The second-order valence-corrected chi connectivity index (χ2v) is 5.59. The van der Waals surface area contributed by atoms with Crippen LogP contribution in [-0.4, -0.2) is 4.92 Å². The lowest BCUT2D eigenvalue weighted by Crippen LogP contribution is -2.13. The van der Waals surface area contributed by atoms with Crippen LogP contribution >= 0.6 is 27.5 Å². The highest BCUT2D eigenvalue weighted by Crippen LogP contribution is 2.22. The average Bonchev–Trinajstić information content (AvgIpc) is 2.40. The summed E-state index contributed by atoms with van der Waals surface area (Å²) in [5.74, 6) is 0. The van der Waals surface area contributed by atoms with Gasteiger partial charge in [0.05, 0.1) is 4.92 Å². The van der Waals surface area contributed by atoms with Crippen molar-refractivity contribution in [3.8, 4) is 0 Å². The number of hydrogen-bond acceptors (Lipinski definition) is 3. The second-order valence-electron chi connectivity index (χ2n) is 4.27. The van der Waals surface area contributed by atoms with E-state index in [0.717, 1.165) is 15.6 Å². The Labute approximate surface area is 130 Å². The number of halogens is 2. The highest BCUT2D eigenvalue weighted by molar-refractivity contribution is 9.10. The van der Waals surface area contributed by atoms with Crippen LogP contribution in [0.3, 0.4) is 0 Å². The number of non-ortho nitro benzene ring substituents is 1. The van der Waals surface area contributed by atoms with E-state index in [2.05, 4.69) is 21.2 Å². The molecular formula is C14H12BrClN2O2. The van der Waals surface area contributed by atoms with Crippen molar-refractivity contribution in [2.24, 2.45) is 0 Å². The van der Waals surface area contributed by atoms with Crippen LogP contribution in [0.1, 0.15) is 11.1 Å². The topological polar surface area (TPSA) is 55.2 Å². The van der Waals surface area contributed by atoms with Crippen molar-refractivity contribution in [2.75, 3.05) is 0 Å². The monoisotopic (exact) mass is 354 g/mol. The first-order valence-electron chi connectivity index (χ1n) is 5.94. The molecule has 20 heavy (non-hydrogen) atoms. The van der Waals surface area contributed by atoms with Crippen LogP contribution in [0.25, 0.3) is 0 Å². The average molecular weight is 356 g/mol. The Hall–Kier alpha value is -1.43. The SMILES string of the molecule is O=[N+]([O-])c1ccc(Cl)c(CNCc2cccc(Br)c2)c1. The summed E-state index contributed by atoms with van der Waals surface area (Å²) < 4.78 is 1.02. The summed E-state index contributed by atoms with van der Waals surface area (Å²) in [5, 5.41) is 14.5. The van der Waals surface area contributed by atoms with Gasteiger partial charge in [0.1, 0.15) is 0 Å². The minimum absolute atomic E-state index is 0.0497. The molecular weight excluding hydrogens is 344 g/mol. The maximum atomic E-state index is 10.7. The van der Waals surface area contributed by atoms with Crippen molar-refractivity contribution in [3.05, 3.63) is 73.2 Å². The number of rotatable bonds is 5. The summed E-state index contributed by atoms with van der Waals surface area (Å²) in [7, 11) is 0. The number of nitrogens with one attached hydrogen (secondary N) is 1. The van der Waals surface area contributed by atoms with Crippen LogP contribution in [0.5, 0.6) is 0 Å². The zero-order chi connectivity index (χ0) is 14.5. The fraction of sp³-hybridized carbons (Fsp3) is 0.143. The summed E-state index contributed by atoms with van der Waals surface area (Å²) in [5.41, 5.74) is 1.89. The van der Waals surface area contributed by atoms with E-state index in [9.17, 15) is 10.1 Å². The number of nitrogens with zero attached hydrogens (tertiary/aromatic N) is 1. The molecule has 6 heteroatoms. The fourth-order valence-corrected chi connectivity index (χ4v) is 2.43. The van der Waals surface area contributed by atoms with Crippen LogP contribution in [0.15, 0.2) is 46.9 Å². The molecule has 0 amide bonds. The van der Waals surface area contributed by atoms with E-state index in [-0.39, 0.29) is 5.69 Å². The predicted octanol–water partition coefficient (Wildman–Crippen LogP) is 4.30. The largest absolute Gasteiger partial charge is 0.309 e. The van der Waals surface area contributed by atoms with Gasteiger partial charge in [-0.3, -0.25) is 10.1 Å². The standard InChI is InChI=1S/C14H12BrClN2O2/c15-12-3-1-2-10(6-12)8-17-9-11-7-13(18(19)20)4-5-14(11)16/h1-7,17H,8-9H2. The van der Waals surface area contributed by atoms with Gasteiger partial charge >= 0.3 is 0 Å². The minimum Gasteiger partial charge on any atom is -0.309 e. The first kappa shape index (κ1) is 15.0. The van der Waals surface area contributed by atoms with Gasteiger partial charge in [-0.05, 0) is 29.3 Å². The van der Waals surface area contributed by atoms with E-state index in [4.69, 9.17) is 11.6 Å². The van der Waals surface area contributed by atoms with Crippen LogP contribution in [0.4, 0.5) is 5.69 Å². The lowest BCUT2D eigenvalue weighted by Gasteiger charge is -2.07. The summed E-state index contributed by atoms with van der Waals surface area (Å²) in [6.07, 6.45) is 0. The van der Waals surface area contributed by atoms with E-state index >= 15 is 0 Å².